The van der Waals surface area contributed by atoms with Gasteiger partial charge in [-0.1, -0.05) is 129 Å². The zero-order valence-corrected chi connectivity index (χ0v) is 24.1. The van der Waals surface area contributed by atoms with Gasteiger partial charge in [-0.3, -0.25) is 10.1 Å². The van der Waals surface area contributed by atoms with Crippen LogP contribution in [0.3, 0.4) is 0 Å². The minimum atomic E-state index is -1.24. The van der Waals surface area contributed by atoms with Gasteiger partial charge in [0.25, 0.3) is 0 Å². The van der Waals surface area contributed by atoms with Crippen LogP contribution in [0.2, 0.25) is 0 Å². The lowest BCUT2D eigenvalue weighted by Crippen LogP contribution is -2.08. The molecule has 0 heterocycles. The van der Waals surface area contributed by atoms with Gasteiger partial charge in [-0.15, -0.1) is 0 Å². The molecule has 1 aromatic carbocycles. The van der Waals surface area contributed by atoms with Crippen LogP contribution >= 0.6 is 0 Å². The summed E-state index contributed by atoms with van der Waals surface area (Å²) in [4.78, 5) is 22.7. The molecule has 0 aliphatic carbocycles. The molecule has 38 heavy (non-hydrogen) atoms. The number of benzene rings is 1. The van der Waals surface area contributed by atoms with Crippen molar-refractivity contribution < 1.29 is 24.3 Å². The Morgan fingerprint density at radius 3 is 1.39 bits per heavy atom. The number of carbonyl (C=O) groups is 1. The van der Waals surface area contributed by atoms with Crippen LogP contribution in [0.1, 0.15) is 153 Å². The molecule has 7 heteroatoms. The summed E-state index contributed by atoms with van der Waals surface area (Å²) < 4.78 is 11.5. The average molecular weight is 536 g/mol. The summed E-state index contributed by atoms with van der Waals surface area (Å²) >= 11 is 0. The molecule has 0 atom stereocenters. The summed E-state index contributed by atoms with van der Waals surface area (Å²) in [6.45, 7) is 5.20. The maximum Gasteiger partial charge on any atom is 0.339 e. The predicted molar refractivity (Wildman–Crippen MR) is 155 cm³/mol. The van der Waals surface area contributed by atoms with Crippen LogP contribution in [0.25, 0.3) is 0 Å². The molecule has 1 aromatic rings. The molecule has 0 aromatic heterocycles. The van der Waals surface area contributed by atoms with E-state index in [4.69, 9.17) is 9.47 Å². The first-order valence-corrected chi connectivity index (χ1v) is 15.3. The third kappa shape index (κ3) is 15.8. The van der Waals surface area contributed by atoms with E-state index in [1.165, 1.54) is 96.0 Å². The first-order valence-electron chi connectivity index (χ1n) is 15.3. The van der Waals surface area contributed by atoms with Gasteiger partial charge in [0, 0.05) is 12.1 Å². The van der Waals surface area contributed by atoms with Crippen molar-refractivity contribution in [1.82, 2.24) is 0 Å². The Kier molecular flexibility index (Phi) is 20.1. The summed E-state index contributed by atoms with van der Waals surface area (Å²) in [5.41, 5.74) is -0.532. The number of nitrogens with zero attached hydrogens (tertiary/aromatic N) is 1. The summed E-state index contributed by atoms with van der Waals surface area (Å²) in [7, 11) is 0. The van der Waals surface area contributed by atoms with Crippen LogP contribution in [0.15, 0.2) is 12.1 Å². The molecule has 0 bridgehead atoms. The van der Waals surface area contributed by atoms with Crippen molar-refractivity contribution in [2.24, 2.45) is 0 Å². The molecule has 0 aliphatic rings. The Morgan fingerprint density at radius 1 is 0.658 bits per heavy atom. The number of aromatic carboxylic acids is 1. The van der Waals surface area contributed by atoms with Crippen LogP contribution in [0, 0.1) is 10.1 Å². The summed E-state index contributed by atoms with van der Waals surface area (Å²) in [5, 5.41) is 21.1. The standard InChI is InChI=1S/C31H53NO6/c1-3-5-7-9-11-13-15-17-19-21-23-37-29-26-30(28(32(35)36)25-27(29)31(33)34)38-24-22-20-18-16-14-12-10-8-6-4-2/h25-26H,3-24H2,1-2H3,(H,33,34). The van der Waals surface area contributed by atoms with Crippen molar-refractivity contribution in [2.45, 2.75) is 142 Å². The molecule has 0 radical (unpaired) electrons. The molecular weight excluding hydrogens is 482 g/mol. The fourth-order valence-electron chi connectivity index (χ4n) is 4.64. The van der Waals surface area contributed by atoms with E-state index >= 15 is 0 Å². The Hall–Kier alpha value is -2.31. The van der Waals surface area contributed by atoms with Gasteiger partial charge >= 0.3 is 11.7 Å². The highest BCUT2D eigenvalue weighted by atomic mass is 16.6. The van der Waals surface area contributed by atoms with Gasteiger partial charge in [-0.2, -0.15) is 0 Å². The summed E-state index contributed by atoms with van der Waals surface area (Å²) in [6.07, 6.45) is 23.9. The molecule has 0 unspecified atom stereocenters. The normalized spacial score (nSPS) is 11.0. The van der Waals surface area contributed by atoms with E-state index in [2.05, 4.69) is 13.8 Å². The predicted octanol–water partition coefficient (Wildman–Crippen LogP) is 9.89. The minimum absolute atomic E-state index is 0.0778. The average Bonchev–Trinajstić information content (AvgIpc) is 2.90. The van der Waals surface area contributed by atoms with Crippen molar-refractivity contribution in [2.75, 3.05) is 13.2 Å². The van der Waals surface area contributed by atoms with Gasteiger partial charge in [-0.25, -0.2) is 4.79 Å². The number of nitro benzene ring substituents is 1. The maximum absolute atomic E-state index is 11.7. The van der Waals surface area contributed by atoms with Gasteiger partial charge in [0.1, 0.15) is 11.3 Å². The van der Waals surface area contributed by atoms with Crippen molar-refractivity contribution in [3.05, 3.63) is 27.8 Å². The second-order valence-corrected chi connectivity index (χ2v) is 10.4. The highest BCUT2D eigenvalue weighted by molar-refractivity contribution is 5.92. The van der Waals surface area contributed by atoms with Crippen LogP contribution in [-0.2, 0) is 0 Å². The highest BCUT2D eigenvalue weighted by Gasteiger charge is 2.24. The topological polar surface area (TPSA) is 98.9 Å². The third-order valence-electron chi connectivity index (χ3n) is 7.00. The van der Waals surface area contributed by atoms with E-state index < -0.39 is 10.9 Å². The number of carboxylic acids is 1. The molecule has 7 nitrogen and oxygen atoms in total. The monoisotopic (exact) mass is 535 g/mol. The molecule has 1 rings (SSSR count). The molecular formula is C31H53NO6. The summed E-state index contributed by atoms with van der Waals surface area (Å²) in [6, 6.07) is 2.44. The quantitative estimate of drug-likeness (QED) is 0.0720. The highest BCUT2D eigenvalue weighted by Crippen LogP contribution is 2.35. The van der Waals surface area contributed by atoms with E-state index in [9.17, 15) is 20.0 Å². The van der Waals surface area contributed by atoms with E-state index in [0.717, 1.165) is 44.6 Å². The lowest BCUT2D eigenvalue weighted by molar-refractivity contribution is -0.385. The molecule has 0 amide bonds. The van der Waals surface area contributed by atoms with Crippen LogP contribution in [-0.4, -0.2) is 29.2 Å². The van der Waals surface area contributed by atoms with Crippen molar-refractivity contribution in [3.8, 4) is 11.5 Å². The molecule has 0 aliphatic heterocycles. The van der Waals surface area contributed by atoms with Gasteiger partial charge in [-0.05, 0) is 12.8 Å². The van der Waals surface area contributed by atoms with E-state index in [-0.39, 0.29) is 22.7 Å². The third-order valence-corrected chi connectivity index (χ3v) is 7.00. The number of hydrogen-bond acceptors (Lipinski definition) is 5. The van der Waals surface area contributed by atoms with E-state index in [1.54, 1.807) is 0 Å². The van der Waals surface area contributed by atoms with Gasteiger partial charge < -0.3 is 14.6 Å². The van der Waals surface area contributed by atoms with Gasteiger partial charge in [0.2, 0.25) is 5.75 Å². The van der Waals surface area contributed by atoms with Crippen LogP contribution in [0.4, 0.5) is 5.69 Å². The van der Waals surface area contributed by atoms with Gasteiger partial charge in [0.05, 0.1) is 18.1 Å². The number of carboxylic acid groups (broad SMARTS) is 1. The second-order valence-electron chi connectivity index (χ2n) is 10.4. The van der Waals surface area contributed by atoms with E-state index in [0.29, 0.717) is 13.2 Å². The van der Waals surface area contributed by atoms with Crippen molar-refractivity contribution >= 4 is 11.7 Å². The molecule has 0 spiro atoms. The van der Waals surface area contributed by atoms with Crippen molar-refractivity contribution in [3.63, 3.8) is 0 Å². The number of rotatable bonds is 26. The fourth-order valence-corrected chi connectivity index (χ4v) is 4.64. The minimum Gasteiger partial charge on any atom is -0.493 e. The molecule has 218 valence electrons. The number of unbranched alkanes of at least 4 members (excludes halogenated alkanes) is 18. The zero-order chi connectivity index (χ0) is 27.8. The maximum atomic E-state index is 11.7. The van der Waals surface area contributed by atoms with Gasteiger partial charge in [0.15, 0.2) is 0 Å². The number of nitro groups is 1. The number of ether oxygens (including phenoxy) is 2. The molecule has 0 saturated carbocycles. The largest absolute Gasteiger partial charge is 0.493 e. The fraction of sp³-hybridized carbons (Fsp3) is 0.774. The Balaban J connectivity index is 2.43. The molecule has 0 saturated heterocycles. The van der Waals surface area contributed by atoms with Crippen LogP contribution in [0.5, 0.6) is 11.5 Å². The zero-order valence-electron chi connectivity index (χ0n) is 24.1. The van der Waals surface area contributed by atoms with Crippen LogP contribution < -0.4 is 9.47 Å². The van der Waals surface area contributed by atoms with E-state index in [1.807, 2.05) is 0 Å². The molecule has 1 N–H and O–H groups in total. The Bertz CT molecular complexity index is 708. The first-order chi connectivity index (χ1) is 18.5. The second kappa shape index (κ2) is 22.7. The Labute approximate surface area is 230 Å². The Morgan fingerprint density at radius 2 is 1.03 bits per heavy atom. The first kappa shape index (κ1) is 33.7. The summed E-state index contributed by atoms with van der Waals surface area (Å²) in [5.74, 6) is -1.03. The lowest BCUT2D eigenvalue weighted by Gasteiger charge is -2.13. The smallest absolute Gasteiger partial charge is 0.339 e. The lowest BCUT2D eigenvalue weighted by atomic mass is 10.1. The number of hydrogen-bond donors (Lipinski definition) is 1. The molecule has 0 fully saturated rings. The van der Waals surface area contributed by atoms with Crippen molar-refractivity contribution in [1.29, 1.82) is 0 Å². The SMILES string of the molecule is CCCCCCCCCCCCOc1cc(OCCCCCCCCCCCC)c([N+](=O)[O-])cc1C(=O)O.